The fraction of sp³-hybridized carbons (Fsp3) is 0.514. The van der Waals surface area contributed by atoms with Crippen molar-refractivity contribution < 1.29 is 94.0 Å². The summed E-state index contributed by atoms with van der Waals surface area (Å²) in [6.45, 7) is -0.173. The maximum atomic E-state index is 13.2. The van der Waals surface area contributed by atoms with Crippen LogP contribution in [-0.4, -0.2) is 153 Å². The van der Waals surface area contributed by atoms with Gasteiger partial charge in [0.15, 0.2) is 5.78 Å². The van der Waals surface area contributed by atoms with Crippen LogP contribution in [0.5, 0.6) is 0 Å². The summed E-state index contributed by atoms with van der Waals surface area (Å²) in [7, 11) is 2.10. The molecule has 28 heteroatoms. The summed E-state index contributed by atoms with van der Waals surface area (Å²) in [6, 6.07) is 0.0189. The van der Waals surface area contributed by atoms with E-state index in [1.165, 1.54) is 24.3 Å². The lowest BCUT2D eigenvalue weighted by atomic mass is 9.93. The highest BCUT2D eigenvalue weighted by Gasteiger charge is 2.33. The normalized spacial score (nSPS) is 12.3. The second kappa shape index (κ2) is 33.7. The van der Waals surface area contributed by atoms with Gasteiger partial charge in [0, 0.05) is 43.1 Å². The zero-order valence-electron chi connectivity index (χ0n) is 35.5. The quantitative estimate of drug-likeness (QED) is 0.0229. The van der Waals surface area contributed by atoms with Gasteiger partial charge in [-0.1, -0.05) is 33.7 Å². The third-order valence-corrected chi connectivity index (χ3v) is 10.5. The fourth-order valence-electron chi connectivity index (χ4n) is 5.05. The lowest BCUT2D eigenvalue weighted by Gasteiger charge is -2.21. The molecule has 0 aliphatic rings. The number of carbonyl (C=O) groups is 11. The first kappa shape index (κ1) is 56.2. The first-order valence-electron chi connectivity index (χ1n) is 19.7. The summed E-state index contributed by atoms with van der Waals surface area (Å²) >= 11 is 0. The fourth-order valence-corrected chi connectivity index (χ4v) is 7.03. The number of carbonyl (C=O) groups excluding carboxylic acids is 8. The van der Waals surface area contributed by atoms with E-state index in [0.717, 1.165) is 21.6 Å². The molecule has 0 heterocycles. The summed E-state index contributed by atoms with van der Waals surface area (Å²) in [5, 5.41) is 60.7. The van der Waals surface area contributed by atoms with Gasteiger partial charge in [0.25, 0.3) is 0 Å². The Labute approximate surface area is 379 Å². The second-order valence-corrected chi connectivity index (χ2v) is 15.8. The van der Waals surface area contributed by atoms with Crippen molar-refractivity contribution in [3.8, 4) is 0 Å². The lowest BCUT2D eigenvalue weighted by Crippen LogP contribution is -2.48. The van der Waals surface area contributed by atoms with Crippen LogP contribution in [0.2, 0.25) is 1.41 Å². The Hall–Kier alpha value is -6.77. The maximum absolute atomic E-state index is 13.2. The summed E-state index contributed by atoms with van der Waals surface area (Å²) in [5.74, 6) is -12.0. The number of carboxylic acids is 5. The molecule has 6 amide bonds. The smallest absolute Gasteiger partial charge is 0.373 e. The predicted octanol–water partition coefficient (Wildman–Crippen LogP) is -0.983. The first-order valence-corrected chi connectivity index (χ1v) is 21.7. The monoisotopic (exact) mass is 962 g/mol. The Morgan fingerprint density at radius 3 is 1.91 bits per heavy atom. The number of nitrogens with two attached hydrogens (primary N) is 1. The van der Waals surface area contributed by atoms with Gasteiger partial charge >= 0.3 is 54.0 Å². The number of hydrogen-bond donors (Lipinski definition) is 12. The number of anilines is 1. The van der Waals surface area contributed by atoms with E-state index in [2.05, 4.69) is 31.9 Å². The molecule has 1 rings (SSSR count). The maximum Gasteiger partial charge on any atom is 0.373 e. The number of ketones is 1. The number of amides is 6. The number of unbranched alkanes of at least 4 members (excludes halogenated alkanes) is 1. The third-order valence-electron chi connectivity index (χ3n) is 8.09. The molecule has 360 valence electrons. The molecular weight excluding hydrogens is 911 g/mol. The number of benzene rings is 1. The Balaban J connectivity index is 0.0000137. The van der Waals surface area contributed by atoms with Crippen LogP contribution in [0.4, 0.5) is 15.3 Å². The number of rotatable bonds is 33. The minimum atomic E-state index is -1.69. The molecule has 0 aliphatic heterocycles. The summed E-state index contributed by atoms with van der Waals surface area (Å²) in [4.78, 5) is 148. The number of hydrogen-bond acceptors (Lipinski definition) is 17. The second-order valence-electron chi connectivity index (χ2n) is 13.2. The van der Waals surface area contributed by atoms with E-state index in [9.17, 15) is 73.2 Å². The number of esters is 1. The van der Waals surface area contributed by atoms with Gasteiger partial charge in [0.2, 0.25) is 11.8 Å². The SMILES string of the molecule is O=C=O.[2H]NCC(=O)OCCSSC[C@H](NC(=O)[C@H](CC(=O)O)CC(=O)[C@H](CC(=O)O)NC(=O)Cc1ccc(NC(=O)NCCCC[C@H](NC(=O)NCCCC(=O)O)C(=O)O)cc1)C(=O)O. The highest BCUT2D eigenvalue weighted by Crippen LogP contribution is 2.22. The summed E-state index contributed by atoms with van der Waals surface area (Å²) in [6.07, 6.45) is -2.09. The van der Waals surface area contributed by atoms with Crippen LogP contribution in [-0.2, 0) is 63.9 Å². The van der Waals surface area contributed by atoms with Gasteiger partial charge in [0.05, 0.1) is 37.8 Å². The molecule has 0 aliphatic carbocycles. The Morgan fingerprint density at radius 1 is 0.708 bits per heavy atom. The van der Waals surface area contributed by atoms with Gasteiger partial charge < -0.3 is 67.9 Å². The Morgan fingerprint density at radius 2 is 1.32 bits per heavy atom. The van der Waals surface area contributed by atoms with E-state index >= 15 is 0 Å². The Kier molecular flexibility index (Phi) is 29.2. The molecule has 13 N–H and O–H groups in total. The average Bonchev–Trinajstić information content (AvgIpc) is 3.22. The molecule has 1 aromatic carbocycles. The standard InChI is InChI=1S/C36H51N7O17S2.CO2/c37-18-31(52)60-12-13-61-62-19-25(34(56)57)42-32(53)21(16-29(48)49)15-26(44)24(17-30(50)51)41-27(45)14-20-6-8-22(9-7-20)40-35(58)38-10-2-1-4-23(33(54)55)43-36(59)39-11-3-5-28(46)47;2-1-3/h6-9,21,23-25H,1-5,10-19,37H2,(H,41,45)(H,42,53)(H,46,47)(H,48,49)(H,50,51)(H,54,55)(H,56,57)(H2,38,40,58)(H2,39,43,59);/t21-,23-,24-,25-;/m0./s1/i/hD. The van der Waals surface area contributed by atoms with Crippen molar-refractivity contribution in [1.82, 2.24) is 26.6 Å². The number of Topliss-reactive ketones (excluding diaryl/α,β-unsaturated/α-hetero) is 1. The molecule has 0 radical (unpaired) electrons. The minimum Gasteiger partial charge on any atom is -0.481 e. The molecular formula is C37H51N7O19S2. The number of aliphatic carboxylic acids is 5. The lowest BCUT2D eigenvalue weighted by molar-refractivity contribution is -0.192. The molecule has 26 nitrogen and oxygen atoms in total. The van der Waals surface area contributed by atoms with Crippen LogP contribution in [0.25, 0.3) is 0 Å². The molecule has 0 fully saturated rings. The van der Waals surface area contributed by atoms with Crippen molar-refractivity contribution in [3.05, 3.63) is 29.8 Å². The number of nitrogens with one attached hydrogen (secondary N) is 6. The van der Waals surface area contributed by atoms with E-state index in [1.807, 2.05) is 5.73 Å². The summed E-state index contributed by atoms with van der Waals surface area (Å²) in [5.41, 5.74) is 2.55. The molecule has 65 heavy (non-hydrogen) atoms. The number of ether oxygens (including phenoxy) is 1. The number of urea groups is 2. The summed E-state index contributed by atoms with van der Waals surface area (Å²) < 4.78 is 11.6. The molecule has 0 aromatic heterocycles. The molecule has 0 bridgehead atoms. The first-order chi connectivity index (χ1) is 31.2. The van der Waals surface area contributed by atoms with Crippen molar-refractivity contribution in [1.29, 1.82) is 0 Å². The van der Waals surface area contributed by atoms with E-state index in [1.54, 1.807) is 0 Å². The van der Waals surface area contributed by atoms with Gasteiger partial charge in [-0.2, -0.15) is 9.59 Å². The van der Waals surface area contributed by atoms with Crippen LogP contribution in [0.15, 0.2) is 24.3 Å². The average molecular weight is 963 g/mol. The molecule has 0 saturated carbocycles. The van der Waals surface area contributed by atoms with Crippen LogP contribution in [0, 0.1) is 5.92 Å². The van der Waals surface area contributed by atoms with Gasteiger partial charge in [-0.05, 0) is 43.4 Å². The van der Waals surface area contributed by atoms with Crippen molar-refractivity contribution >= 4 is 98.9 Å². The van der Waals surface area contributed by atoms with Crippen LogP contribution in [0.1, 0.15) is 56.9 Å². The predicted molar refractivity (Wildman–Crippen MR) is 225 cm³/mol. The van der Waals surface area contributed by atoms with Crippen LogP contribution >= 0.6 is 21.6 Å². The number of carboxylic acid groups (broad SMARTS) is 5. The molecule has 1 aromatic rings. The van der Waals surface area contributed by atoms with Gasteiger partial charge in [-0.3, -0.25) is 33.6 Å². The zero-order chi connectivity index (χ0) is 50.0. The Bertz CT molecular complexity index is 1850. The van der Waals surface area contributed by atoms with E-state index < -0.39 is 109 Å². The topological polar surface area (TPSA) is 430 Å². The van der Waals surface area contributed by atoms with Crippen molar-refractivity contribution in [2.75, 3.05) is 43.1 Å². The van der Waals surface area contributed by atoms with E-state index in [0.29, 0.717) is 24.1 Å². The molecule has 4 atom stereocenters. The third kappa shape index (κ3) is 29.3. The van der Waals surface area contributed by atoms with Gasteiger partial charge in [0.1, 0.15) is 20.1 Å². The van der Waals surface area contributed by atoms with Crippen molar-refractivity contribution in [2.24, 2.45) is 11.6 Å². The van der Waals surface area contributed by atoms with Crippen molar-refractivity contribution in [2.45, 2.75) is 75.9 Å². The zero-order valence-corrected chi connectivity index (χ0v) is 36.1. The molecule has 0 spiro atoms. The van der Waals surface area contributed by atoms with Crippen molar-refractivity contribution in [3.63, 3.8) is 0 Å². The minimum absolute atomic E-state index is 0.0398. The van der Waals surface area contributed by atoms with Gasteiger partial charge in [-0.25, -0.2) is 19.2 Å². The van der Waals surface area contributed by atoms with Gasteiger partial charge in [-0.15, -0.1) is 0 Å². The van der Waals surface area contributed by atoms with Crippen LogP contribution in [0.3, 0.4) is 0 Å². The largest absolute Gasteiger partial charge is 0.481 e. The van der Waals surface area contributed by atoms with E-state index in [-0.39, 0.29) is 69.6 Å². The highest BCUT2D eigenvalue weighted by molar-refractivity contribution is 8.76. The van der Waals surface area contributed by atoms with E-state index in [4.69, 9.17) is 20.8 Å². The molecule has 0 unspecified atom stereocenters. The van der Waals surface area contributed by atoms with Crippen LogP contribution < -0.4 is 37.6 Å². The highest BCUT2D eigenvalue weighted by atomic mass is 33.1. The molecule has 0 saturated heterocycles.